The van der Waals surface area contributed by atoms with Gasteiger partial charge in [-0.15, -0.1) is 0 Å². The summed E-state index contributed by atoms with van der Waals surface area (Å²) in [6.45, 7) is 1.52. The second-order valence-electron chi connectivity index (χ2n) is 6.56. The fraction of sp³-hybridized carbons (Fsp3) is 0.389. The molecule has 0 amide bonds. The van der Waals surface area contributed by atoms with Crippen LogP contribution in [0.3, 0.4) is 0 Å². The first kappa shape index (κ1) is 16.0. The summed E-state index contributed by atoms with van der Waals surface area (Å²) < 4.78 is 3.84. The van der Waals surface area contributed by atoms with Gasteiger partial charge in [-0.3, -0.25) is 9.67 Å². The normalized spacial score (nSPS) is 23.2. The number of nitrogens with zero attached hydrogens (tertiary/aromatic N) is 5. The minimum absolute atomic E-state index is 0.0985. The van der Waals surface area contributed by atoms with Crippen molar-refractivity contribution in [1.82, 2.24) is 29.9 Å². The van der Waals surface area contributed by atoms with E-state index < -0.39 is 0 Å². The number of nitrogens with one attached hydrogen (secondary N) is 1. The van der Waals surface area contributed by atoms with E-state index in [4.69, 9.17) is 0 Å². The van der Waals surface area contributed by atoms with Crippen molar-refractivity contribution in [1.29, 1.82) is 0 Å². The fourth-order valence-corrected chi connectivity index (χ4v) is 3.58. The maximum Gasteiger partial charge on any atom is 0.0696 e. The van der Waals surface area contributed by atoms with Gasteiger partial charge in [-0.25, -0.2) is 4.68 Å². The van der Waals surface area contributed by atoms with Crippen LogP contribution in [0.4, 0.5) is 0 Å². The van der Waals surface area contributed by atoms with Gasteiger partial charge in [0.05, 0.1) is 17.5 Å². The monoisotopic (exact) mass is 338 g/mol. The number of aliphatic hydroxyl groups excluding tert-OH is 1. The first-order valence-corrected chi connectivity index (χ1v) is 8.62. The smallest absolute Gasteiger partial charge is 0.0696 e. The standard InChI is InChI=1S/C18H22N6O/c25-18-11-14(13-23-9-1-5-21-23)10-17(18)20-12-16-4-8-22-24(16)15-2-6-19-7-3-15/h1-9,14,17-18,20,25H,10-13H2/t14?,17-,18-/m1/s1. The van der Waals surface area contributed by atoms with Crippen LogP contribution in [0.1, 0.15) is 18.5 Å². The Labute approximate surface area is 146 Å². The number of aromatic nitrogens is 5. The molecule has 1 saturated carbocycles. The Bertz CT molecular complexity index is 785. The predicted molar refractivity (Wildman–Crippen MR) is 92.9 cm³/mol. The predicted octanol–water partition coefficient (Wildman–Crippen LogP) is 1.39. The van der Waals surface area contributed by atoms with Crippen molar-refractivity contribution >= 4 is 0 Å². The summed E-state index contributed by atoms with van der Waals surface area (Å²) >= 11 is 0. The van der Waals surface area contributed by atoms with Crippen LogP contribution in [0, 0.1) is 5.92 Å². The third-order valence-electron chi connectivity index (χ3n) is 4.80. The average Bonchev–Trinajstić information content (AvgIpc) is 3.36. The number of rotatable bonds is 6. The number of pyridine rings is 1. The Morgan fingerprint density at radius 3 is 2.76 bits per heavy atom. The zero-order valence-corrected chi connectivity index (χ0v) is 13.9. The van der Waals surface area contributed by atoms with Gasteiger partial charge >= 0.3 is 0 Å². The number of hydrogen-bond acceptors (Lipinski definition) is 5. The zero-order valence-electron chi connectivity index (χ0n) is 13.9. The molecule has 7 heteroatoms. The molecular weight excluding hydrogens is 316 g/mol. The van der Waals surface area contributed by atoms with Gasteiger partial charge in [0.1, 0.15) is 0 Å². The molecule has 0 saturated heterocycles. The van der Waals surface area contributed by atoms with E-state index >= 15 is 0 Å². The highest BCUT2D eigenvalue weighted by molar-refractivity contribution is 5.30. The van der Waals surface area contributed by atoms with Crippen molar-refractivity contribution in [2.45, 2.75) is 38.1 Å². The molecule has 0 aliphatic heterocycles. The average molecular weight is 338 g/mol. The molecule has 3 atom stereocenters. The molecule has 3 aromatic rings. The van der Waals surface area contributed by atoms with E-state index in [9.17, 15) is 5.11 Å². The van der Waals surface area contributed by atoms with Gasteiger partial charge in [0.2, 0.25) is 0 Å². The zero-order chi connectivity index (χ0) is 17.1. The Kier molecular flexibility index (Phi) is 4.58. The molecule has 1 aliphatic rings. The molecule has 0 bridgehead atoms. The minimum atomic E-state index is -0.321. The molecular formula is C18H22N6O. The Balaban J connectivity index is 1.37. The van der Waals surface area contributed by atoms with Gasteiger partial charge in [0, 0.05) is 50.1 Å². The molecule has 0 aromatic carbocycles. The van der Waals surface area contributed by atoms with Crippen LogP contribution in [-0.4, -0.2) is 41.8 Å². The Hall–Kier alpha value is -2.51. The van der Waals surface area contributed by atoms with Crippen LogP contribution >= 0.6 is 0 Å². The molecule has 0 radical (unpaired) electrons. The molecule has 0 spiro atoms. The van der Waals surface area contributed by atoms with E-state index in [1.807, 2.05) is 39.8 Å². The van der Waals surface area contributed by atoms with Crippen LogP contribution in [0.15, 0.2) is 55.2 Å². The van der Waals surface area contributed by atoms with Crippen molar-refractivity contribution < 1.29 is 5.11 Å². The van der Waals surface area contributed by atoms with Gasteiger partial charge in [0.25, 0.3) is 0 Å². The lowest BCUT2D eigenvalue weighted by Gasteiger charge is -2.17. The van der Waals surface area contributed by atoms with E-state index in [1.54, 1.807) is 24.8 Å². The molecule has 2 N–H and O–H groups in total. The van der Waals surface area contributed by atoms with E-state index in [0.717, 1.165) is 30.8 Å². The van der Waals surface area contributed by atoms with E-state index in [2.05, 4.69) is 20.5 Å². The highest BCUT2D eigenvalue weighted by Crippen LogP contribution is 2.27. The summed E-state index contributed by atoms with van der Waals surface area (Å²) in [4.78, 5) is 4.05. The minimum Gasteiger partial charge on any atom is -0.391 e. The van der Waals surface area contributed by atoms with Crippen LogP contribution < -0.4 is 5.32 Å². The molecule has 3 heterocycles. The summed E-state index contributed by atoms with van der Waals surface area (Å²) in [5.74, 6) is 0.442. The lowest BCUT2D eigenvalue weighted by molar-refractivity contribution is 0.145. The van der Waals surface area contributed by atoms with E-state index in [-0.39, 0.29) is 12.1 Å². The molecule has 1 unspecified atom stereocenters. The molecule has 1 fully saturated rings. The summed E-state index contributed by atoms with van der Waals surface area (Å²) in [5.41, 5.74) is 2.05. The maximum atomic E-state index is 10.4. The van der Waals surface area contributed by atoms with Gasteiger partial charge < -0.3 is 10.4 Å². The van der Waals surface area contributed by atoms with Gasteiger partial charge in [-0.2, -0.15) is 10.2 Å². The summed E-state index contributed by atoms with van der Waals surface area (Å²) in [5, 5.41) is 22.5. The van der Waals surface area contributed by atoms with Crippen LogP contribution in [-0.2, 0) is 13.1 Å². The van der Waals surface area contributed by atoms with Crippen molar-refractivity contribution in [3.05, 3.63) is 60.9 Å². The van der Waals surface area contributed by atoms with Crippen LogP contribution in [0.5, 0.6) is 0 Å². The fourth-order valence-electron chi connectivity index (χ4n) is 3.58. The summed E-state index contributed by atoms with van der Waals surface area (Å²) in [6.07, 6.45) is 10.5. The Morgan fingerprint density at radius 1 is 1.08 bits per heavy atom. The largest absolute Gasteiger partial charge is 0.391 e. The van der Waals surface area contributed by atoms with Crippen LogP contribution in [0.2, 0.25) is 0 Å². The first-order chi connectivity index (χ1) is 12.3. The maximum absolute atomic E-state index is 10.4. The molecule has 3 aromatic heterocycles. The lowest BCUT2D eigenvalue weighted by atomic mass is 10.1. The van der Waals surface area contributed by atoms with Crippen molar-refractivity contribution in [3.8, 4) is 5.69 Å². The first-order valence-electron chi connectivity index (χ1n) is 8.62. The van der Waals surface area contributed by atoms with E-state index in [0.29, 0.717) is 12.5 Å². The van der Waals surface area contributed by atoms with Gasteiger partial charge in [0.15, 0.2) is 0 Å². The quantitative estimate of drug-likeness (QED) is 0.710. The summed E-state index contributed by atoms with van der Waals surface area (Å²) in [7, 11) is 0. The van der Waals surface area contributed by atoms with E-state index in [1.165, 1.54) is 0 Å². The molecule has 25 heavy (non-hydrogen) atoms. The third-order valence-corrected chi connectivity index (χ3v) is 4.80. The van der Waals surface area contributed by atoms with Gasteiger partial charge in [-0.05, 0) is 43.0 Å². The van der Waals surface area contributed by atoms with Crippen LogP contribution in [0.25, 0.3) is 5.69 Å². The van der Waals surface area contributed by atoms with Crippen molar-refractivity contribution in [2.24, 2.45) is 5.92 Å². The Morgan fingerprint density at radius 2 is 1.96 bits per heavy atom. The highest BCUT2D eigenvalue weighted by atomic mass is 16.3. The second-order valence-corrected chi connectivity index (χ2v) is 6.56. The number of hydrogen-bond donors (Lipinski definition) is 2. The summed E-state index contributed by atoms with van der Waals surface area (Å²) in [6, 6.07) is 7.89. The molecule has 1 aliphatic carbocycles. The molecule has 7 nitrogen and oxygen atoms in total. The third kappa shape index (κ3) is 3.62. The van der Waals surface area contributed by atoms with Crippen molar-refractivity contribution in [3.63, 3.8) is 0 Å². The number of aliphatic hydroxyl groups is 1. The van der Waals surface area contributed by atoms with Crippen molar-refractivity contribution in [2.75, 3.05) is 0 Å². The lowest BCUT2D eigenvalue weighted by Crippen LogP contribution is -2.35. The molecule has 130 valence electrons. The second kappa shape index (κ2) is 7.16. The molecule has 4 rings (SSSR count). The topological polar surface area (TPSA) is 80.8 Å². The SMILES string of the molecule is O[C@@H]1CC(Cn2cccn2)C[C@H]1NCc1ccnn1-c1ccncc1. The highest BCUT2D eigenvalue weighted by Gasteiger charge is 2.32. The van der Waals surface area contributed by atoms with Gasteiger partial charge in [-0.1, -0.05) is 0 Å².